The van der Waals surface area contributed by atoms with Gasteiger partial charge in [0.15, 0.2) is 5.96 Å². The maximum atomic E-state index is 5.95. The van der Waals surface area contributed by atoms with E-state index >= 15 is 0 Å². The van der Waals surface area contributed by atoms with Crippen LogP contribution in [0, 0.1) is 20.8 Å². The number of aryl methyl sites for hydroxylation is 3. The van der Waals surface area contributed by atoms with E-state index < -0.39 is 0 Å². The van der Waals surface area contributed by atoms with Gasteiger partial charge in [0, 0.05) is 51.4 Å². The van der Waals surface area contributed by atoms with Gasteiger partial charge in [0.05, 0.1) is 12.3 Å². The van der Waals surface area contributed by atoms with Crippen molar-refractivity contribution in [2.45, 2.75) is 46.6 Å². The molecule has 1 aromatic heterocycles. The molecule has 7 nitrogen and oxygen atoms in total. The van der Waals surface area contributed by atoms with E-state index in [2.05, 4.69) is 45.9 Å². The maximum Gasteiger partial charge on any atom is 0.191 e. The minimum absolute atomic E-state index is 0. The molecule has 0 fully saturated rings. The highest BCUT2D eigenvalue weighted by molar-refractivity contribution is 14.0. The Kier molecular flexibility index (Phi) is 12.4. The standard InChI is InChI=1S/C22H34N4O3.HI/c1-16-9-10-19(21(14-16)28-13-7-12-27-5)15-25-22(23-4)24-11-6-8-20-17(2)26-29-18(20)3;/h9-10,14H,6-8,11-13,15H2,1-5H3,(H2,23,24,25);1H. The Morgan fingerprint density at radius 2 is 1.93 bits per heavy atom. The van der Waals surface area contributed by atoms with Gasteiger partial charge in [0.1, 0.15) is 11.5 Å². The van der Waals surface area contributed by atoms with E-state index in [0.717, 1.165) is 54.5 Å². The molecule has 168 valence electrons. The number of halogens is 1. The Morgan fingerprint density at radius 3 is 2.60 bits per heavy atom. The summed E-state index contributed by atoms with van der Waals surface area (Å²) in [5.74, 6) is 2.58. The molecule has 0 radical (unpaired) electrons. The molecule has 2 rings (SSSR count). The molecular weight excluding hydrogens is 495 g/mol. The first kappa shape index (κ1) is 26.2. The molecule has 2 aromatic rings. The number of rotatable bonds is 11. The van der Waals surface area contributed by atoms with Crippen molar-refractivity contribution in [2.24, 2.45) is 4.99 Å². The highest BCUT2D eigenvalue weighted by Crippen LogP contribution is 2.20. The van der Waals surface area contributed by atoms with Gasteiger partial charge in [0.25, 0.3) is 0 Å². The first-order valence-electron chi connectivity index (χ1n) is 10.1. The van der Waals surface area contributed by atoms with Crippen LogP contribution >= 0.6 is 24.0 Å². The highest BCUT2D eigenvalue weighted by atomic mass is 127. The van der Waals surface area contributed by atoms with E-state index in [1.54, 1.807) is 14.2 Å². The second-order valence-corrected chi connectivity index (χ2v) is 7.06. The van der Waals surface area contributed by atoms with Crippen molar-refractivity contribution in [1.29, 1.82) is 0 Å². The Balaban J connectivity index is 0.00000450. The average molecular weight is 530 g/mol. The molecule has 0 amide bonds. The molecule has 0 saturated heterocycles. The first-order chi connectivity index (χ1) is 14.0. The number of guanidine groups is 1. The van der Waals surface area contributed by atoms with Gasteiger partial charge in [-0.25, -0.2) is 0 Å². The van der Waals surface area contributed by atoms with Crippen LogP contribution in [-0.2, 0) is 17.7 Å². The fourth-order valence-corrected chi connectivity index (χ4v) is 3.06. The van der Waals surface area contributed by atoms with Crippen molar-refractivity contribution in [3.8, 4) is 5.75 Å². The summed E-state index contributed by atoms with van der Waals surface area (Å²) in [4.78, 5) is 4.31. The molecule has 0 aliphatic heterocycles. The van der Waals surface area contributed by atoms with Crippen molar-refractivity contribution in [3.05, 3.63) is 46.3 Å². The third kappa shape index (κ3) is 8.51. The number of methoxy groups -OCH3 is 1. The lowest BCUT2D eigenvalue weighted by molar-refractivity contribution is 0.171. The smallest absolute Gasteiger partial charge is 0.191 e. The Hall–Kier alpha value is -1.81. The van der Waals surface area contributed by atoms with E-state index in [1.807, 2.05) is 13.8 Å². The fraction of sp³-hybridized carbons (Fsp3) is 0.545. The number of nitrogens with zero attached hydrogens (tertiary/aromatic N) is 2. The molecule has 0 atom stereocenters. The van der Waals surface area contributed by atoms with Crippen molar-refractivity contribution < 1.29 is 14.0 Å². The zero-order chi connectivity index (χ0) is 21.1. The van der Waals surface area contributed by atoms with Crippen LogP contribution in [0.25, 0.3) is 0 Å². The van der Waals surface area contributed by atoms with Crippen LogP contribution in [0.1, 0.15) is 41.0 Å². The van der Waals surface area contributed by atoms with E-state index in [4.69, 9.17) is 14.0 Å². The van der Waals surface area contributed by atoms with Crippen LogP contribution in [0.3, 0.4) is 0 Å². The first-order valence-corrected chi connectivity index (χ1v) is 10.1. The van der Waals surface area contributed by atoms with Crippen LogP contribution < -0.4 is 15.4 Å². The second-order valence-electron chi connectivity index (χ2n) is 7.06. The lowest BCUT2D eigenvalue weighted by atomic mass is 10.1. The topological polar surface area (TPSA) is 80.9 Å². The summed E-state index contributed by atoms with van der Waals surface area (Å²) < 4.78 is 16.3. The van der Waals surface area contributed by atoms with E-state index in [0.29, 0.717) is 19.8 Å². The van der Waals surface area contributed by atoms with E-state index in [9.17, 15) is 0 Å². The van der Waals surface area contributed by atoms with Gasteiger partial charge < -0.3 is 24.6 Å². The van der Waals surface area contributed by atoms with Crippen LogP contribution in [-0.4, -0.2) is 45.0 Å². The monoisotopic (exact) mass is 530 g/mol. The number of hydrogen-bond donors (Lipinski definition) is 2. The van der Waals surface area contributed by atoms with Gasteiger partial charge in [-0.15, -0.1) is 24.0 Å². The molecule has 0 saturated carbocycles. The zero-order valence-corrected chi connectivity index (χ0v) is 21.0. The van der Waals surface area contributed by atoms with E-state index in [-0.39, 0.29) is 24.0 Å². The normalized spacial score (nSPS) is 11.2. The Morgan fingerprint density at radius 1 is 1.13 bits per heavy atom. The third-order valence-electron chi connectivity index (χ3n) is 4.72. The van der Waals surface area contributed by atoms with Crippen LogP contribution in [0.4, 0.5) is 0 Å². The molecule has 0 bridgehead atoms. The SMILES string of the molecule is CN=C(NCCCc1c(C)noc1C)NCc1ccc(C)cc1OCCCOC.I. The van der Waals surface area contributed by atoms with Crippen molar-refractivity contribution in [1.82, 2.24) is 15.8 Å². The summed E-state index contributed by atoms with van der Waals surface area (Å²) >= 11 is 0. The number of nitrogens with one attached hydrogen (secondary N) is 2. The minimum Gasteiger partial charge on any atom is -0.493 e. The summed E-state index contributed by atoms with van der Waals surface area (Å²) in [7, 11) is 3.48. The highest BCUT2D eigenvalue weighted by Gasteiger charge is 2.09. The van der Waals surface area contributed by atoms with Gasteiger partial charge in [0.2, 0.25) is 0 Å². The average Bonchev–Trinajstić information content (AvgIpc) is 3.03. The van der Waals surface area contributed by atoms with Gasteiger partial charge >= 0.3 is 0 Å². The van der Waals surface area contributed by atoms with Crippen molar-refractivity contribution in [3.63, 3.8) is 0 Å². The molecule has 0 spiro atoms. The molecule has 0 aliphatic carbocycles. The van der Waals surface area contributed by atoms with Crippen LogP contribution in [0.2, 0.25) is 0 Å². The summed E-state index contributed by atoms with van der Waals surface area (Å²) in [5.41, 5.74) is 4.45. The Bertz CT molecular complexity index is 773. The number of benzene rings is 1. The predicted molar refractivity (Wildman–Crippen MR) is 131 cm³/mol. The van der Waals surface area contributed by atoms with Crippen molar-refractivity contribution in [2.75, 3.05) is 33.9 Å². The molecule has 0 unspecified atom stereocenters. The quantitative estimate of drug-likeness (QED) is 0.198. The summed E-state index contributed by atoms with van der Waals surface area (Å²) in [6, 6.07) is 6.27. The largest absolute Gasteiger partial charge is 0.493 e. The van der Waals surface area contributed by atoms with Gasteiger partial charge in [-0.1, -0.05) is 17.3 Å². The second kappa shape index (κ2) is 14.2. The van der Waals surface area contributed by atoms with Gasteiger partial charge in [-0.2, -0.15) is 0 Å². The summed E-state index contributed by atoms with van der Waals surface area (Å²) in [5, 5.41) is 10.7. The minimum atomic E-state index is 0. The van der Waals surface area contributed by atoms with Gasteiger partial charge in [-0.05, 0) is 45.2 Å². The van der Waals surface area contributed by atoms with Gasteiger partial charge in [-0.3, -0.25) is 4.99 Å². The van der Waals surface area contributed by atoms with E-state index in [1.165, 1.54) is 11.1 Å². The number of hydrogen-bond acceptors (Lipinski definition) is 5. The maximum absolute atomic E-state index is 5.95. The fourth-order valence-electron chi connectivity index (χ4n) is 3.06. The van der Waals surface area contributed by atoms with Crippen LogP contribution in [0.15, 0.2) is 27.7 Å². The lowest BCUT2D eigenvalue weighted by Crippen LogP contribution is -2.37. The number of aliphatic imine (C=N–C) groups is 1. The van der Waals surface area contributed by atoms with Crippen molar-refractivity contribution >= 4 is 29.9 Å². The van der Waals surface area contributed by atoms with Crippen LogP contribution in [0.5, 0.6) is 5.75 Å². The molecule has 1 heterocycles. The number of ether oxygens (including phenoxy) is 2. The molecular formula is C22H35IN4O3. The summed E-state index contributed by atoms with van der Waals surface area (Å²) in [6.45, 7) is 8.80. The lowest BCUT2D eigenvalue weighted by Gasteiger charge is -2.15. The molecule has 8 heteroatoms. The third-order valence-corrected chi connectivity index (χ3v) is 4.72. The molecule has 30 heavy (non-hydrogen) atoms. The molecule has 1 aromatic carbocycles. The zero-order valence-electron chi connectivity index (χ0n) is 18.7. The summed E-state index contributed by atoms with van der Waals surface area (Å²) in [6.07, 6.45) is 2.77. The molecule has 0 aliphatic rings. The number of aromatic nitrogens is 1. The molecule has 2 N–H and O–H groups in total. The Labute approximate surface area is 197 Å². The predicted octanol–water partition coefficient (Wildman–Crippen LogP) is 3.93.